The van der Waals surface area contributed by atoms with Gasteiger partial charge < -0.3 is 23.7 Å². The maximum atomic E-state index is 13.2. The number of hydrogen-bond donors (Lipinski definition) is 0. The third kappa shape index (κ3) is 4.29. The van der Waals surface area contributed by atoms with Crippen LogP contribution in [0.25, 0.3) is 21.5 Å². The Morgan fingerprint density at radius 2 is 1.59 bits per heavy atom. The molecule has 0 aliphatic heterocycles. The van der Waals surface area contributed by atoms with Gasteiger partial charge in [0.25, 0.3) is 0 Å². The summed E-state index contributed by atoms with van der Waals surface area (Å²) in [6, 6.07) is 7.82. The molecule has 0 aromatic heterocycles. The molecule has 4 rings (SSSR count). The first-order chi connectivity index (χ1) is 17.6. The van der Waals surface area contributed by atoms with Crippen molar-refractivity contribution in [3.05, 3.63) is 29.3 Å². The number of nitrogens with zero attached hydrogens (tertiary/aromatic N) is 1. The highest BCUT2D eigenvalue weighted by Crippen LogP contribution is 2.57. The van der Waals surface area contributed by atoms with Crippen molar-refractivity contribution in [1.29, 1.82) is 5.26 Å². The average molecular weight is 506 g/mol. The minimum atomic E-state index is -0.797. The minimum Gasteiger partial charge on any atom is -0.496 e. The highest BCUT2D eigenvalue weighted by molar-refractivity contribution is 6.18. The number of esters is 2. The number of rotatable bonds is 5. The van der Waals surface area contributed by atoms with Gasteiger partial charge in [0.1, 0.15) is 28.7 Å². The molecule has 1 atom stereocenters. The van der Waals surface area contributed by atoms with Gasteiger partial charge in [0, 0.05) is 23.4 Å². The van der Waals surface area contributed by atoms with E-state index in [9.17, 15) is 14.9 Å². The Bertz CT molecular complexity index is 1460. The van der Waals surface area contributed by atoms with Crippen molar-refractivity contribution in [3.63, 3.8) is 0 Å². The van der Waals surface area contributed by atoms with Crippen molar-refractivity contribution >= 4 is 33.5 Å². The lowest BCUT2D eigenvalue weighted by Crippen LogP contribution is -2.27. The van der Waals surface area contributed by atoms with E-state index >= 15 is 0 Å². The molecule has 37 heavy (non-hydrogen) atoms. The van der Waals surface area contributed by atoms with Crippen molar-refractivity contribution in [2.24, 2.45) is 5.41 Å². The van der Waals surface area contributed by atoms with Gasteiger partial charge in [0.05, 0.1) is 54.9 Å². The van der Waals surface area contributed by atoms with E-state index in [0.717, 1.165) is 0 Å². The fourth-order valence-electron chi connectivity index (χ4n) is 4.99. The maximum Gasteiger partial charge on any atom is 0.316 e. The minimum absolute atomic E-state index is 0.210. The Morgan fingerprint density at radius 1 is 0.919 bits per heavy atom. The number of hydrogen-bond acceptors (Lipinski definition) is 8. The molecule has 0 saturated carbocycles. The molecule has 0 fully saturated rings. The summed E-state index contributed by atoms with van der Waals surface area (Å²) in [5.74, 6) is 0.232. The molecule has 0 N–H and O–H groups in total. The second-order valence-corrected chi connectivity index (χ2v) is 10.1. The smallest absolute Gasteiger partial charge is 0.316 e. The summed E-state index contributed by atoms with van der Waals surface area (Å²) >= 11 is 0. The summed E-state index contributed by atoms with van der Waals surface area (Å²) in [6.07, 6.45) is 1.82. The van der Waals surface area contributed by atoms with Crippen molar-refractivity contribution in [1.82, 2.24) is 0 Å². The van der Waals surface area contributed by atoms with Gasteiger partial charge in [-0.1, -0.05) is 12.1 Å². The summed E-state index contributed by atoms with van der Waals surface area (Å²) < 4.78 is 29.5. The molecule has 0 radical (unpaired) electrons. The standard InChI is InChI=1S/C29H31NO7/c1-15(31)36-27-20-16(14-30)10-8-11-17(20)25(37-28(32)29(2,3)4)22-23(27)26(35-7)21-18(24(22)34-6)12-9-13-19(21)33-5/h9,12-13,16H,8,10-11H2,1-7H3. The van der Waals surface area contributed by atoms with Crippen LogP contribution in [0, 0.1) is 16.7 Å². The monoisotopic (exact) mass is 505 g/mol. The van der Waals surface area contributed by atoms with E-state index < -0.39 is 23.3 Å². The molecule has 0 amide bonds. The molecule has 3 aromatic rings. The predicted octanol–water partition coefficient (Wildman–Crippen LogP) is 5.84. The van der Waals surface area contributed by atoms with Gasteiger partial charge in [-0.3, -0.25) is 9.59 Å². The number of carbonyl (C=O) groups excluding carboxylic acids is 2. The Kier molecular flexibility index (Phi) is 6.92. The zero-order valence-electron chi connectivity index (χ0n) is 22.2. The van der Waals surface area contributed by atoms with Crippen LogP contribution in [-0.4, -0.2) is 33.3 Å². The lowest BCUT2D eigenvalue weighted by atomic mass is 9.79. The fraction of sp³-hybridized carbons (Fsp3) is 0.414. The molecule has 1 aliphatic carbocycles. The molecule has 1 aliphatic rings. The summed E-state index contributed by atoms with van der Waals surface area (Å²) in [4.78, 5) is 25.6. The molecule has 3 aromatic carbocycles. The fourth-order valence-corrected chi connectivity index (χ4v) is 4.99. The van der Waals surface area contributed by atoms with Crippen molar-refractivity contribution in [2.45, 2.75) is 52.9 Å². The number of methoxy groups -OCH3 is 3. The maximum absolute atomic E-state index is 13.2. The third-order valence-electron chi connectivity index (χ3n) is 6.60. The second kappa shape index (κ2) is 9.81. The van der Waals surface area contributed by atoms with E-state index in [1.54, 1.807) is 33.9 Å². The summed E-state index contributed by atoms with van der Waals surface area (Å²) in [5.41, 5.74) is 0.388. The quantitative estimate of drug-likeness (QED) is 0.242. The van der Waals surface area contributed by atoms with Crippen LogP contribution in [0.4, 0.5) is 0 Å². The topological polar surface area (TPSA) is 104 Å². The van der Waals surface area contributed by atoms with Crippen LogP contribution in [0.1, 0.15) is 57.6 Å². The van der Waals surface area contributed by atoms with Gasteiger partial charge >= 0.3 is 11.9 Å². The highest BCUT2D eigenvalue weighted by Gasteiger charge is 2.37. The van der Waals surface area contributed by atoms with Gasteiger partial charge in [0.2, 0.25) is 0 Å². The van der Waals surface area contributed by atoms with Gasteiger partial charge in [-0.25, -0.2) is 0 Å². The first kappa shape index (κ1) is 26.1. The summed E-state index contributed by atoms with van der Waals surface area (Å²) in [7, 11) is 4.58. The Morgan fingerprint density at radius 3 is 2.16 bits per heavy atom. The van der Waals surface area contributed by atoms with Crippen LogP contribution in [0.5, 0.6) is 28.7 Å². The molecule has 0 bridgehead atoms. The second-order valence-electron chi connectivity index (χ2n) is 10.1. The van der Waals surface area contributed by atoms with E-state index in [0.29, 0.717) is 74.9 Å². The Balaban J connectivity index is 2.35. The first-order valence-corrected chi connectivity index (χ1v) is 12.1. The van der Waals surface area contributed by atoms with Crippen LogP contribution in [0.15, 0.2) is 18.2 Å². The lowest BCUT2D eigenvalue weighted by Gasteiger charge is -2.30. The van der Waals surface area contributed by atoms with E-state index in [4.69, 9.17) is 23.7 Å². The number of benzene rings is 3. The Hall–Kier alpha value is -3.99. The molecule has 1 unspecified atom stereocenters. The van der Waals surface area contributed by atoms with Crippen LogP contribution < -0.4 is 23.7 Å². The van der Waals surface area contributed by atoms with E-state index in [2.05, 4.69) is 6.07 Å². The van der Waals surface area contributed by atoms with E-state index in [1.165, 1.54) is 21.1 Å². The molecule has 8 nitrogen and oxygen atoms in total. The molecule has 0 saturated heterocycles. The summed E-state index contributed by atoms with van der Waals surface area (Å²) in [5, 5.41) is 12.2. The normalized spacial score (nSPS) is 15.0. The van der Waals surface area contributed by atoms with Crippen molar-refractivity contribution in [2.75, 3.05) is 21.3 Å². The third-order valence-corrected chi connectivity index (χ3v) is 6.60. The van der Waals surface area contributed by atoms with E-state index in [-0.39, 0.29) is 5.75 Å². The molecule has 194 valence electrons. The number of fused-ring (bicyclic) bond motifs is 3. The average Bonchev–Trinajstić information content (AvgIpc) is 2.87. The van der Waals surface area contributed by atoms with Crippen molar-refractivity contribution in [3.8, 4) is 34.8 Å². The van der Waals surface area contributed by atoms with Gasteiger partial charge in [-0.05, 0) is 46.1 Å². The zero-order valence-corrected chi connectivity index (χ0v) is 22.2. The zero-order chi connectivity index (χ0) is 27.1. The summed E-state index contributed by atoms with van der Waals surface area (Å²) in [6.45, 7) is 6.62. The van der Waals surface area contributed by atoms with Crippen LogP contribution in [0.2, 0.25) is 0 Å². The first-order valence-electron chi connectivity index (χ1n) is 12.1. The van der Waals surface area contributed by atoms with Crippen molar-refractivity contribution < 1.29 is 33.3 Å². The predicted molar refractivity (Wildman–Crippen MR) is 139 cm³/mol. The molecule has 8 heteroatoms. The number of carbonyl (C=O) groups is 2. The molecular formula is C29H31NO7. The van der Waals surface area contributed by atoms with E-state index in [1.807, 2.05) is 12.1 Å². The largest absolute Gasteiger partial charge is 0.496 e. The van der Waals surface area contributed by atoms with Crippen LogP contribution in [-0.2, 0) is 16.0 Å². The van der Waals surface area contributed by atoms with Gasteiger partial charge in [-0.2, -0.15) is 5.26 Å². The van der Waals surface area contributed by atoms with Gasteiger partial charge in [-0.15, -0.1) is 0 Å². The van der Waals surface area contributed by atoms with Crippen LogP contribution >= 0.6 is 0 Å². The van der Waals surface area contributed by atoms with Crippen LogP contribution in [0.3, 0.4) is 0 Å². The highest BCUT2D eigenvalue weighted by atomic mass is 16.5. The Labute approximate surface area is 216 Å². The lowest BCUT2D eigenvalue weighted by molar-refractivity contribution is -0.143. The molecule has 0 heterocycles. The molecular weight excluding hydrogens is 474 g/mol. The van der Waals surface area contributed by atoms with Gasteiger partial charge in [0.15, 0.2) is 0 Å². The molecule has 0 spiro atoms. The SMILES string of the molecule is COc1cccc2c(OC)c3c(OC(=O)C(C)(C)C)c4c(c(OC(C)=O)c3c(OC)c12)C(C#N)CCC4. The number of nitriles is 1. The number of ether oxygens (including phenoxy) is 5.